The number of rotatable bonds is 6. The van der Waals surface area contributed by atoms with Crippen LogP contribution in [0.1, 0.15) is 38.3 Å². The standard InChI is InChI=1S/C17H27ClN2O2/c1-5-20-10-6-7-13(20)11-19(3)12(2)16-15(21)9-8-14(18)17(16)22-4/h8-9,12-13,21H,5-7,10-11H2,1-4H3. The van der Waals surface area contributed by atoms with E-state index in [1.165, 1.54) is 19.4 Å². The van der Waals surface area contributed by atoms with E-state index in [9.17, 15) is 5.11 Å². The molecular weight excluding hydrogens is 300 g/mol. The third kappa shape index (κ3) is 3.50. The van der Waals surface area contributed by atoms with Gasteiger partial charge in [0.1, 0.15) is 11.5 Å². The summed E-state index contributed by atoms with van der Waals surface area (Å²) in [5.41, 5.74) is 0.763. The maximum Gasteiger partial charge on any atom is 0.145 e. The molecule has 1 aromatic carbocycles. The monoisotopic (exact) mass is 326 g/mol. The van der Waals surface area contributed by atoms with E-state index in [2.05, 4.69) is 30.7 Å². The Balaban J connectivity index is 2.17. The van der Waals surface area contributed by atoms with Gasteiger partial charge < -0.3 is 9.84 Å². The van der Waals surface area contributed by atoms with Crippen LogP contribution in [0, 0.1) is 0 Å². The second-order valence-corrected chi connectivity index (χ2v) is 6.46. The lowest BCUT2D eigenvalue weighted by atomic mass is 10.0. The number of nitrogens with zero attached hydrogens (tertiary/aromatic N) is 2. The molecule has 1 aliphatic heterocycles. The second-order valence-electron chi connectivity index (χ2n) is 6.05. The lowest BCUT2D eigenvalue weighted by molar-refractivity contribution is 0.167. The smallest absolute Gasteiger partial charge is 0.145 e. The number of likely N-dealkylation sites (tertiary alicyclic amines) is 1. The summed E-state index contributed by atoms with van der Waals surface area (Å²) in [6.45, 7) is 7.56. The Labute approximate surface area is 138 Å². The number of methoxy groups -OCH3 is 1. The van der Waals surface area contributed by atoms with E-state index >= 15 is 0 Å². The summed E-state index contributed by atoms with van der Waals surface area (Å²) in [4.78, 5) is 4.80. The Morgan fingerprint density at radius 3 is 2.86 bits per heavy atom. The number of hydrogen-bond acceptors (Lipinski definition) is 4. The molecule has 0 aliphatic carbocycles. The van der Waals surface area contributed by atoms with Gasteiger partial charge >= 0.3 is 0 Å². The number of hydrogen-bond donors (Lipinski definition) is 1. The Morgan fingerprint density at radius 2 is 2.23 bits per heavy atom. The molecule has 0 saturated carbocycles. The van der Waals surface area contributed by atoms with Gasteiger partial charge in [-0.05, 0) is 52.0 Å². The minimum atomic E-state index is 0.0351. The molecule has 0 aromatic heterocycles. The highest BCUT2D eigenvalue weighted by Gasteiger charge is 2.28. The summed E-state index contributed by atoms with van der Waals surface area (Å²) >= 11 is 6.20. The molecule has 4 nitrogen and oxygen atoms in total. The largest absolute Gasteiger partial charge is 0.507 e. The second kappa shape index (κ2) is 7.53. The first-order valence-corrected chi connectivity index (χ1v) is 8.37. The zero-order chi connectivity index (χ0) is 16.3. The van der Waals surface area contributed by atoms with Crippen molar-refractivity contribution in [2.75, 3.05) is 33.8 Å². The molecule has 22 heavy (non-hydrogen) atoms. The Morgan fingerprint density at radius 1 is 1.50 bits per heavy atom. The van der Waals surface area contributed by atoms with E-state index in [1.807, 2.05) is 0 Å². The average Bonchev–Trinajstić information content (AvgIpc) is 2.95. The van der Waals surface area contributed by atoms with Crippen molar-refractivity contribution in [3.8, 4) is 11.5 Å². The number of halogens is 1. The third-order valence-corrected chi connectivity index (χ3v) is 5.11. The van der Waals surface area contributed by atoms with Crippen LogP contribution < -0.4 is 4.74 Å². The van der Waals surface area contributed by atoms with Crippen LogP contribution in [0.4, 0.5) is 0 Å². The van der Waals surface area contributed by atoms with Gasteiger partial charge in [-0.15, -0.1) is 0 Å². The predicted octanol–water partition coefficient (Wildman–Crippen LogP) is 3.53. The highest BCUT2D eigenvalue weighted by atomic mass is 35.5. The molecular formula is C17H27ClN2O2. The highest BCUT2D eigenvalue weighted by molar-refractivity contribution is 6.32. The molecule has 1 aromatic rings. The van der Waals surface area contributed by atoms with Crippen molar-refractivity contribution in [3.63, 3.8) is 0 Å². The molecule has 2 atom stereocenters. The minimum absolute atomic E-state index is 0.0351. The lowest BCUT2D eigenvalue weighted by Crippen LogP contribution is -2.39. The van der Waals surface area contributed by atoms with Crippen LogP contribution in [0.15, 0.2) is 12.1 Å². The van der Waals surface area contributed by atoms with Crippen LogP contribution in [-0.4, -0.2) is 54.7 Å². The minimum Gasteiger partial charge on any atom is -0.507 e. The lowest BCUT2D eigenvalue weighted by Gasteiger charge is -2.32. The summed E-state index contributed by atoms with van der Waals surface area (Å²) in [7, 11) is 3.68. The van der Waals surface area contributed by atoms with Crippen LogP contribution in [0.5, 0.6) is 11.5 Å². The van der Waals surface area contributed by atoms with Crippen molar-refractivity contribution >= 4 is 11.6 Å². The molecule has 0 amide bonds. The highest BCUT2D eigenvalue weighted by Crippen LogP contribution is 2.40. The van der Waals surface area contributed by atoms with Crippen molar-refractivity contribution in [1.29, 1.82) is 0 Å². The number of phenolic OH excluding ortho intramolecular Hbond substituents is 1. The third-order valence-electron chi connectivity index (χ3n) is 4.81. The summed E-state index contributed by atoms with van der Waals surface area (Å²) in [5, 5.41) is 10.8. The first kappa shape index (κ1) is 17.4. The topological polar surface area (TPSA) is 35.9 Å². The Bertz CT molecular complexity index is 510. The van der Waals surface area contributed by atoms with Gasteiger partial charge in [0.15, 0.2) is 0 Å². The SMILES string of the molecule is CCN1CCCC1CN(C)C(C)c1c(O)ccc(Cl)c1OC. The van der Waals surface area contributed by atoms with Gasteiger partial charge in [-0.3, -0.25) is 9.80 Å². The normalized spacial score (nSPS) is 20.5. The van der Waals surface area contributed by atoms with Crippen LogP contribution in [-0.2, 0) is 0 Å². The molecule has 1 fully saturated rings. The van der Waals surface area contributed by atoms with Crippen molar-refractivity contribution in [1.82, 2.24) is 9.80 Å². The number of phenols is 1. The maximum atomic E-state index is 10.2. The van der Waals surface area contributed by atoms with Gasteiger partial charge in [0.25, 0.3) is 0 Å². The number of ether oxygens (including phenoxy) is 1. The molecule has 124 valence electrons. The molecule has 1 saturated heterocycles. The molecule has 0 bridgehead atoms. The molecule has 2 unspecified atom stereocenters. The van der Waals surface area contributed by atoms with E-state index in [4.69, 9.17) is 16.3 Å². The first-order chi connectivity index (χ1) is 10.5. The molecule has 1 heterocycles. The van der Waals surface area contributed by atoms with Crippen molar-refractivity contribution in [2.24, 2.45) is 0 Å². The van der Waals surface area contributed by atoms with E-state index in [0.717, 1.165) is 18.7 Å². The Hall–Kier alpha value is -0.970. The van der Waals surface area contributed by atoms with Gasteiger partial charge in [0.2, 0.25) is 0 Å². The average molecular weight is 327 g/mol. The van der Waals surface area contributed by atoms with E-state index < -0.39 is 0 Å². The van der Waals surface area contributed by atoms with Crippen molar-refractivity contribution in [2.45, 2.75) is 38.8 Å². The number of benzene rings is 1. The van der Waals surface area contributed by atoms with Gasteiger partial charge in [-0.2, -0.15) is 0 Å². The summed E-state index contributed by atoms with van der Waals surface area (Å²) in [6, 6.07) is 3.93. The summed E-state index contributed by atoms with van der Waals surface area (Å²) in [6.07, 6.45) is 2.51. The predicted molar refractivity (Wildman–Crippen MR) is 91.0 cm³/mol. The molecule has 2 rings (SSSR count). The van der Waals surface area contributed by atoms with Crippen molar-refractivity contribution in [3.05, 3.63) is 22.7 Å². The fourth-order valence-electron chi connectivity index (χ4n) is 3.40. The van der Waals surface area contributed by atoms with Crippen molar-refractivity contribution < 1.29 is 9.84 Å². The van der Waals surface area contributed by atoms with Gasteiger partial charge in [-0.1, -0.05) is 18.5 Å². The van der Waals surface area contributed by atoms with Crippen LogP contribution in [0.25, 0.3) is 0 Å². The van der Waals surface area contributed by atoms with Gasteiger partial charge in [0, 0.05) is 18.6 Å². The summed E-state index contributed by atoms with van der Waals surface area (Å²) in [5.74, 6) is 0.805. The van der Waals surface area contributed by atoms with E-state index in [1.54, 1.807) is 19.2 Å². The number of likely N-dealkylation sites (N-methyl/N-ethyl adjacent to an activating group) is 2. The van der Waals surface area contributed by atoms with Gasteiger partial charge in [-0.25, -0.2) is 0 Å². The van der Waals surface area contributed by atoms with Gasteiger partial charge in [0.05, 0.1) is 17.7 Å². The maximum absolute atomic E-state index is 10.2. The zero-order valence-corrected chi connectivity index (χ0v) is 14.7. The molecule has 1 N–H and O–H groups in total. The molecule has 0 spiro atoms. The van der Waals surface area contributed by atoms with Crippen LogP contribution in [0.2, 0.25) is 5.02 Å². The summed E-state index contributed by atoms with van der Waals surface area (Å²) < 4.78 is 5.41. The Kier molecular flexibility index (Phi) is 5.95. The first-order valence-electron chi connectivity index (χ1n) is 7.99. The van der Waals surface area contributed by atoms with Crippen LogP contribution >= 0.6 is 11.6 Å². The van der Waals surface area contributed by atoms with E-state index in [-0.39, 0.29) is 11.8 Å². The molecule has 1 aliphatic rings. The number of aromatic hydroxyl groups is 1. The van der Waals surface area contributed by atoms with Crippen LogP contribution in [0.3, 0.4) is 0 Å². The zero-order valence-electron chi connectivity index (χ0n) is 14.0. The van der Waals surface area contributed by atoms with E-state index in [0.29, 0.717) is 16.8 Å². The molecule has 5 heteroatoms. The fraction of sp³-hybridized carbons (Fsp3) is 0.647. The molecule has 0 radical (unpaired) electrons. The quantitative estimate of drug-likeness (QED) is 0.867. The fourth-order valence-corrected chi connectivity index (χ4v) is 3.64.